The summed E-state index contributed by atoms with van der Waals surface area (Å²) in [6.07, 6.45) is 6.98. The molecule has 0 saturated carbocycles. The van der Waals surface area contributed by atoms with Crippen molar-refractivity contribution in [2.45, 2.75) is 19.4 Å². The smallest absolute Gasteiger partial charge is 0.271 e. The lowest BCUT2D eigenvalue weighted by Crippen LogP contribution is -2.18. The summed E-state index contributed by atoms with van der Waals surface area (Å²) in [5.74, 6) is 2.86. The molecule has 0 saturated heterocycles. The standard InChI is InChI=1S/C9H10ClN3O/c1-3-4-6(2)13-8-7(10)9(14)12-5-11-8/h1,5-6H,4H2,2H3,(H2,11,12,13,14). The van der Waals surface area contributed by atoms with Crippen LogP contribution in [0.5, 0.6) is 0 Å². The summed E-state index contributed by atoms with van der Waals surface area (Å²) < 4.78 is 0. The average Bonchev–Trinajstić information content (AvgIpc) is 2.13. The fourth-order valence-electron chi connectivity index (χ4n) is 0.945. The van der Waals surface area contributed by atoms with Crippen molar-refractivity contribution in [3.8, 4) is 12.3 Å². The number of hydrogen-bond acceptors (Lipinski definition) is 3. The summed E-state index contributed by atoms with van der Waals surface area (Å²) >= 11 is 5.72. The maximum Gasteiger partial charge on any atom is 0.271 e. The van der Waals surface area contributed by atoms with Crippen LogP contribution in [0.1, 0.15) is 13.3 Å². The van der Waals surface area contributed by atoms with Crippen LogP contribution in [0, 0.1) is 12.3 Å². The number of halogens is 1. The first-order valence-corrected chi connectivity index (χ1v) is 4.46. The van der Waals surface area contributed by atoms with Crippen molar-refractivity contribution < 1.29 is 0 Å². The van der Waals surface area contributed by atoms with Gasteiger partial charge < -0.3 is 10.3 Å². The van der Waals surface area contributed by atoms with E-state index in [4.69, 9.17) is 18.0 Å². The van der Waals surface area contributed by atoms with Gasteiger partial charge in [0.2, 0.25) is 0 Å². The van der Waals surface area contributed by atoms with Crippen molar-refractivity contribution in [2.24, 2.45) is 0 Å². The van der Waals surface area contributed by atoms with Crippen LogP contribution in [-0.2, 0) is 0 Å². The highest BCUT2D eigenvalue weighted by atomic mass is 35.5. The van der Waals surface area contributed by atoms with Gasteiger partial charge in [-0.1, -0.05) is 11.6 Å². The van der Waals surface area contributed by atoms with Gasteiger partial charge in [0.05, 0.1) is 6.33 Å². The molecule has 0 aliphatic carbocycles. The highest BCUT2D eigenvalue weighted by Gasteiger charge is 2.07. The first kappa shape index (κ1) is 10.6. The number of terminal acetylenes is 1. The Kier molecular flexibility index (Phi) is 3.55. The van der Waals surface area contributed by atoms with Crippen LogP contribution in [0.25, 0.3) is 0 Å². The minimum atomic E-state index is -0.364. The van der Waals surface area contributed by atoms with Crippen molar-refractivity contribution in [2.75, 3.05) is 5.32 Å². The fourth-order valence-corrected chi connectivity index (χ4v) is 1.10. The molecular weight excluding hydrogens is 202 g/mol. The zero-order chi connectivity index (χ0) is 10.6. The Morgan fingerprint density at radius 1 is 1.86 bits per heavy atom. The van der Waals surface area contributed by atoms with Gasteiger partial charge in [0.25, 0.3) is 5.56 Å². The van der Waals surface area contributed by atoms with Gasteiger partial charge in [-0.3, -0.25) is 4.79 Å². The van der Waals surface area contributed by atoms with Gasteiger partial charge in [-0.05, 0) is 6.92 Å². The second kappa shape index (κ2) is 4.68. The average molecular weight is 212 g/mol. The van der Waals surface area contributed by atoms with Crippen molar-refractivity contribution >= 4 is 17.4 Å². The molecule has 74 valence electrons. The Balaban J connectivity index is 2.83. The Morgan fingerprint density at radius 3 is 3.21 bits per heavy atom. The van der Waals surface area contributed by atoms with Crippen molar-refractivity contribution in [3.63, 3.8) is 0 Å². The van der Waals surface area contributed by atoms with E-state index in [1.807, 2.05) is 6.92 Å². The summed E-state index contributed by atoms with van der Waals surface area (Å²) in [4.78, 5) is 17.3. The number of aromatic nitrogens is 2. The highest BCUT2D eigenvalue weighted by molar-refractivity contribution is 6.32. The van der Waals surface area contributed by atoms with Crippen LogP contribution in [-0.4, -0.2) is 16.0 Å². The summed E-state index contributed by atoms with van der Waals surface area (Å²) in [6, 6.07) is 0.0341. The number of hydrogen-bond donors (Lipinski definition) is 2. The molecule has 2 N–H and O–H groups in total. The van der Waals surface area contributed by atoms with Crippen LogP contribution in [0.3, 0.4) is 0 Å². The van der Waals surface area contributed by atoms with Gasteiger partial charge in [0, 0.05) is 12.5 Å². The minimum absolute atomic E-state index is 0.0341. The molecule has 0 aliphatic heterocycles. The monoisotopic (exact) mass is 211 g/mol. The largest absolute Gasteiger partial charge is 0.365 e. The molecule has 1 rings (SSSR count). The summed E-state index contributed by atoms with van der Waals surface area (Å²) in [5.41, 5.74) is -0.364. The first-order chi connectivity index (χ1) is 6.65. The van der Waals surface area contributed by atoms with E-state index in [1.54, 1.807) is 0 Å². The maximum atomic E-state index is 11.1. The Bertz CT molecular complexity index is 407. The number of nitrogens with one attached hydrogen (secondary N) is 2. The number of H-pyrrole nitrogens is 1. The third-order valence-corrected chi connectivity index (χ3v) is 1.95. The molecule has 1 heterocycles. The second-order valence-electron chi connectivity index (χ2n) is 2.85. The zero-order valence-electron chi connectivity index (χ0n) is 7.67. The van der Waals surface area contributed by atoms with Crippen molar-refractivity contribution in [3.05, 3.63) is 21.7 Å². The van der Waals surface area contributed by atoms with Crippen LogP contribution in [0.4, 0.5) is 5.82 Å². The van der Waals surface area contributed by atoms with Crippen LogP contribution in [0.2, 0.25) is 5.02 Å². The molecule has 5 heteroatoms. The Morgan fingerprint density at radius 2 is 2.57 bits per heavy atom. The van der Waals surface area contributed by atoms with Crippen molar-refractivity contribution in [1.82, 2.24) is 9.97 Å². The van der Waals surface area contributed by atoms with Gasteiger partial charge in [-0.25, -0.2) is 4.98 Å². The molecule has 0 amide bonds. The van der Waals surface area contributed by atoms with Crippen molar-refractivity contribution in [1.29, 1.82) is 0 Å². The lowest BCUT2D eigenvalue weighted by Gasteiger charge is -2.11. The van der Waals surface area contributed by atoms with Crippen LogP contribution >= 0.6 is 11.6 Å². The molecule has 0 fully saturated rings. The van der Waals surface area contributed by atoms with E-state index < -0.39 is 0 Å². The van der Waals surface area contributed by atoms with Gasteiger partial charge in [-0.15, -0.1) is 12.3 Å². The molecule has 0 aliphatic rings. The molecule has 1 unspecified atom stereocenters. The number of nitrogens with zero attached hydrogens (tertiary/aromatic N) is 1. The highest BCUT2D eigenvalue weighted by Crippen LogP contribution is 2.13. The lowest BCUT2D eigenvalue weighted by atomic mass is 10.2. The SMILES string of the molecule is C#CCC(C)Nc1nc[nH]c(=O)c1Cl. The molecular formula is C9H10ClN3O. The molecule has 4 nitrogen and oxygen atoms in total. The van der Waals surface area contributed by atoms with Gasteiger partial charge in [0.15, 0.2) is 5.82 Å². The topological polar surface area (TPSA) is 57.8 Å². The lowest BCUT2D eigenvalue weighted by molar-refractivity contribution is 0.819. The van der Waals surface area contributed by atoms with Gasteiger partial charge in [-0.2, -0.15) is 0 Å². The third-order valence-electron chi connectivity index (χ3n) is 1.60. The van der Waals surface area contributed by atoms with Crippen LogP contribution < -0.4 is 10.9 Å². The maximum absolute atomic E-state index is 11.1. The predicted molar refractivity (Wildman–Crippen MR) is 56.4 cm³/mol. The fraction of sp³-hybridized carbons (Fsp3) is 0.333. The Labute approximate surface area is 86.7 Å². The molecule has 1 atom stereocenters. The molecule has 1 aromatic heterocycles. The molecule has 1 aromatic rings. The van der Waals surface area contributed by atoms with Crippen LogP contribution in [0.15, 0.2) is 11.1 Å². The normalized spacial score (nSPS) is 11.8. The summed E-state index contributed by atoms with van der Waals surface area (Å²) in [7, 11) is 0. The number of rotatable bonds is 3. The minimum Gasteiger partial charge on any atom is -0.365 e. The zero-order valence-corrected chi connectivity index (χ0v) is 8.43. The van der Waals surface area contributed by atoms with E-state index in [2.05, 4.69) is 21.2 Å². The quantitative estimate of drug-likeness (QED) is 0.740. The molecule has 0 spiro atoms. The van der Waals surface area contributed by atoms with Gasteiger partial charge in [0.1, 0.15) is 5.02 Å². The van der Waals surface area contributed by atoms with E-state index in [-0.39, 0.29) is 16.6 Å². The number of aromatic amines is 1. The number of anilines is 1. The van der Waals surface area contributed by atoms with E-state index in [9.17, 15) is 4.79 Å². The third kappa shape index (κ3) is 2.51. The van der Waals surface area contributed by atoms with E-state index in [1.165, 1.54) is 6.33 Å². The van der Waals surface area contributed by atoms with E-state index in [0.717, 1.165) is 0 Å². The molecule has 0 radical (unpaired) electrons. The van der Waals surface area contributed by atoms with Gasteiger partial charge >= 0.3 is 0 Å². The summed E-state index contributed by atoms with van der Waals surface area (Å²) in [6.45, 7) is 1.89. The second-order valence-corrected chi connectivity index (χ2v) is 3.23. The predicted octanol–water partition coefficient (Wildman–Crippen LogP) is 1.25. The van der Waals surface area contributed by atoms with E-state index >= 15 is 0 Å². The van der Waals surface area contributed by atoms with E-state index in [0.29, 0.717) is 12.2 Å². The first-order valence-electron chi connectivity index (χ1n) is 4.08. The summed E-state index contributed by atoms with van der Waals surface area (Å²) in [5, 5.41) is 3.00. The molecule has 0 aromatic carbocycles. The molecule has 14 heavy (non-hydrogen) atoms. The Hall–Kier alpha value is -1.47. The molecule has 0 bridgehead atoms.